The molecular weight excluding hydrogens is 282 g/mol. The van der Waals surface area contributed by atoms with E-state index in [1.165, 1.54) is 0 Å². The van der Waals surface area contributed by atoms with Gasteiger partial charge in [0.05, 0.1) is 16.8 Å². The standard InChI is InChI=1S/C13H14BrNO2/c1-16-12(9-5-3-2-4-6-9)11(15)13-10(14)7-8-17-13/h2-8,11-12H,15H2,1H3. The Morgan fingerprint density at radius 2 is 1.94 bits per heavy atom. The van der Waals surface area contributed by atoms with Gasteiger partial charge in [-0.25, -0.2) is 0 Å². The number of methoxy groups -OCH3 is 1. The molecule has 0 saturated carbocycles. The van der Waals surface area contributed by atoms with Gasteiger partial charge in [-0.05, 0) is 27.6 Å². The van der Waals surface area contributed by atoms with Gasteiger partial charge in [0.1, 0.15) is 11.9 Å². The minimum Gasteiger partial charge on any atom is -0.466 e. The maximum absolute atomic E-state index is 6.18. The fourth-order valence-electron chi connectivity index (χ4n) is 1.81. The molecule has 4 heteroatoms. The Morgan fingerprint density at radius 3 is 2.47 bits per heavy atom. The molecule has 0 aliphatic rings. The highest BCUT2D eigenvalue weighted by atomic mass is 79.9. The Hall–Kier alpha value is -1.10. The quantitative estimate of drug-likeness (QED) is 0.940. The highest BCUT2D eigenvalue weighted by Gasteiger charge is 2.25. The first-order valence-corrected chi connectivity index (χ1v) is 6.09. The van der Waals surface area contributed by atoms with Crippen LogP contribution in [-0.4, -0.2) is 7.11 Å². The number of furan rings is 1. The Balaban J connectivity index is 2.28. The number of benzene rings is 1. The molecule has 2 unspecified atom stereocenters. The molecule has 2 N–H and O–H groups in total. The van der Waals surface area contributed by atoms with Gasteiger partial charge in [-0.3, -0.25) is 0 Å². The second-order valence-electron chi connectivity index (χ2n) is 3.73. The molecule has 0 radical (unpaired) electrons. The third kappa shape index (κ3) is 2.60. The summed E-state index contributed by atoms with van der Waals surface area (Å²) in [5.74, 6) is 0.695. The molecule has 1 heterocycles. The molecule has 0 bridgehead atoms. The number of rotatable bonds is 4. The van der Waals surface area contributed by atoms with E-state index in [1.807, 2.05) is 36.4 Å². The van der Waals surface area contributed by atoms with Crippen molar-refractivity contribution in [2.24, 2.45) is 5.73 Å². The van der Waals surface area contributed by atoms with Crippen molar-refractivity contribution in [1.29, 1.82) is 0 Å². The van der Waals surface area contributed by atoms with Crippen LogP contribution in [0.5, 0.6) is 0 Å². The fourth-order valence-corrected chi connectivity index (χ4v) is 2.28. The van der Waals surface area contributed by atoms with Gasteiger partial charge in [0, 0.05) is 7.11 Å². The average molecular weight is 296 g/mol. The summed E-state index contributed by atoms with van der Waals surface area (Å²) < 4.78 is 11.7. The maximum Gasteiger partial charge on any atom is 0.137 e. The lowest BCUT2D eigenvalue weighted by Crippen LogP contribution is -2.21. The predicted molar refractivity (Wildman–Crippen MR) is 69.5 cm³/mol. The van der Waals surface area contributed by atoms with Gasteiger partial charge in [0.15, 0.2) is 0 Å². The SMILES string of the molecule is COC(c1ccccc1)C(N)c1occc1Br. The molecule has 2 aromatic rings. The van der Waals surface area contributed by atoms with Gasteiger partial charge in [-0.1, -0.05) is 30.3 Å². The minimum absolute atomic E-state index is 0.223. The molecule has 0 spiro atoms. The van der Waals surface area contributed by atoms with Crippen molar-refractivity contribution in [3.63, 3.8) is 0 Å². The lowest BCUT2D eigenvalue weighted by atomic mass is 10.0. The van der Waals surface area contributed by atoms with Gasteiger partial charge in [-0.2, -0.15) is 0 Å². The molecule has 2 atom stereocenters. The van der Waals surface area contributed by atoms with Crippen molar-refractivity contribution in [2.45, 2.75) is 12.1 Å². The zero-order valence-electron chi connectivity index (χ0n) is 9.47. The topological polar surface area (TPSA) is 48.4 Å². The Labute approximate surface area is 109 Å². The second-order valence-corrected chi connectivity index (χ2v) is 4.58. The zero-order chi connectivity index (χ0) is 12.3. The van der Waals surface area contributed by atoms with Crippen molar-refractivity contribution in [2.75, 3.05) is 7.11 Å². The summed E-state index contributed by atoms with van der Waals surface area (Å²) >= 11 is 3.41. The molecule has 0 saturated heterocycles. The van der Waals surface area contributed by atoms with Crippen molar-refractivity contribution < 1.29 is 9.15 Å². The fraction of sp³-hybridized carbons (Fsp3) is 0.231. The Kier molecular flexibility index (Phi) is 3.99. The average Bonchev–Trinajstić information content (AvgIpc) is 2.77. The first-order chi connectivity index (χ1) is 8.24. The summed E-state index contributed by atoms with van der Waals surface area (Å²) in [5.41, 5.74) is 7.21. The van der Waals surface area contributed by atoms with Gasteiger partial charge >= 0.3 is 0 Å². The van der Waals surface area contributed by atoms with Crippen molar-refractivity contribution >= 4 is 15.9 Å². The van der Waals surface area contributed by atoms with E-state index in [2.05, 4.69) is 15.9 Å². The van der Waals surface area contributed by atoms with Crippen LogP contribution < -0.4 is 5.73 Å². The first-order valence-electron chi connectivity index (χ1n) is 5.30. The summed E-state index contributed by atoms with van der Waals surface area (Å²) in [7, 11) is 1.65. The summed E-state index contributed by atoms with van der Waals surface area (Å²) in [6, 6.07) is 11.4. The molecule has 17 heavy (non-hydrogen) atoms. The van der Waals surface area contributed by atoms with Crippen LogP contribution in [0, 0.1) is 0 Å². The molecular formula is C13H14BrNO2. The largest absolute Gasteiger partial charge is 0.466 e. The van der Waals surface area contributed by atoms with Crippen molar-refractivity contribution in [3.8, 4) is 0 Å². The van der Waals surface area contributed by atoms with Crippen molar-refractivity contribution in [3.05, 3.63) is 58.5 Å². The molecule has 0 aliphatic heterocycles. The minimum atomic E-state index is -0.341. The van der Waals surface area contributed by atoms with E-state index < -0.39 is 0 Å². The molecule has 0 amide bonds. The van der Waals surface area contributed by atoms with Crippen LogP contribution in [0.25, 0.3) is 0 Å². The lowest BCUT2D eigenvalue weighted by Gasteiger charge is -2.21. The summed E-state index contributed by atoms with van der Waals surface area (Å²) in [6.07, 6.45) is 1.38. The summed E-state index contributed by atoms with van der Waals surface area (Å²) in [4.78, 5) is 0. The van der Waals surface area contributed by atoms with Crippen LogP contribution in [-0.2, 0) is 4.74 Å². The molecule has 1 aromatic carbocycles. The zero-order valence-corrected chi connectivity index (χ0v) is 11.1. The van der Waals surface area contributed by atoms with E-state index in [1.54, 1.807) is 13.4 Å². The summed E-state index contributed by atoms with van der Waals surface area (Å²) in [6.45, 7) is 0. The van der Waals surface area contributed by atoms with Crippen LogP contribution in [0.2, 0.25) is 0 Å². The number of hydrogen-bond acceptors (Lipinski definition) is 3. The monoisotopic (exact) mass is 295 g/mol. The van der Waals surface area contributed by atoms with Gasteiger partial charge < -0.3 is 14.9 Å². The van der Waals surface area contributed by atoms with E-state index >= 15 is 0 Å². The molecule has 0 fully saturated rings. The highest BCUT2D eigenvalue weighted by Crippen LogP contribution is 2.33. The van der Waals surface area contributed by atoms with E-state index in [0.29, 0.717) is 5.76 Å². The molecule has 2 rings (SSSR count). The molecule has 3 nitrogen and oxygen atoms in total. The van der Waals surface area contributed by atoms with E-state index in [9.17, 15) is 0 Å². The van der Waals surface area contributed by atoms with Crippen LogP contribution in [0.1, 0.15) is 23.5 Å². The summed E-state index contributed by atoms with van der Waals surface area (Å²) in [5, 5.41) is 0. The second kappa shape index (κ2) is 5.49. The normalized spacial score (nSPS) is 14.5. The molecule has 1 aromatic heterocycles. The van der Waals surface area contributed by atoms with Crippen molar-refractivity contribution in [1.82, 2.24) is 0 Å². The smallest absolute Gasteiger partial charge is 0.137 e. The number of hydrogen-bond donors (Lipinski definition) is 1. The van der Waals surface area contributed by atoms with Gasteiger partial charge in [-0.15, -0.1) is 0 Å². The number of ether oxygens (including phenoxy) is 1. The van der Waals surface area contributed by atoms with Gasteiger partial charge in [0.25, 0.3) is 0 Å². The van der Waals surface area contributed by atoms with Gasteiger partial charge in [0.2, 0.25) is 0 Å². The van der Waals surface area contributed by atoms with E-state index in [4.69, 9.17) is 14.9 Å². The molecule has 90 valence electrons. The third-order valence-corrected chi connectivity index (χ3v) is 3.31. The Bertz CT molecular complexity index is 469. The van der Waals surface area contributed by atoms with Crippen LogP contribution >= 0.6 is 15.9 Å². The van der Waals surface area contributed by atoms with Crippen LogP contribution in [0.4, 0.5) is 0 Å². The molecule has 0 aliphatic carbocycles. The van der Waals surface area contributed by atoms with Crippen LogP contribution in [0.15, 0.2) is 51.6 Å². The van der Waals surface area contributed by atoms with Crippen LogP contribution in [0.3, 0.4) is 0 Å². The Morgan fingerprint density at radius 1 is 1.24 bits per heavy atom. The highest BCUT2D eigenvalue weighted by molar-refractivity contribution is 9.10. The lowest BCUT2D eigenvalue weighted by molar-refractivity contribution is 0.0733. The maximum atomic E-state index is 6.18. The van der Waals surface area contributed by atoms with E-state index in [0.717, 1.165) is 10.0 Å². The predicted octanol–water partition coefficient (Wildman–Crippen LogP) is 3.43. The first kappa shape index (κ1) is 12.4. The number of nitrogens with two attached hydrogens (primary N) is 1. The van der Waals surface area contributed by atoms with E-state index in [-0.39, 0.29) is 12.1 Å². The number of halogens is 1. The third-order valence-electron chi connectivity index (χ3n) is 2.66.